The highest BCUT2D eigenvalue weighted by Crippen LogP contribution is 2.32. The number of hydrogen-bond acceptors (Lipinski definition) is 4. The van der Waals surface area contributed by atoms with Crippen molar-refractivity contribution in [1.82, 2.24) is 15.5 Å². The second-order valence-electron chi connectivity index (χ2n) is 10.8. The quantitative estimate of drug-likeness (QED) is 0.223. The molecular weight excluding hydrogens is 587 g/mol. The van der Waals surface area contributed by atoms with Gasteiger partial charge in [-0.2, -0.15) is 8.78 Å². The van der Waals surface area contributed by atoms with Gasteiger partial charge in [0.2, 0.25) is 5.91 Å². The van der Waals surface area contributed by atoms with E-state index in [1.54, 1.807) is 12.1 Å². The number of ether oxygens (including phenoxy) is 1. The summed E-state index contributed by atoms with van der Waals surface area (Å²) in [6.45, 7) is 7.07. The highest BCUT2D eigenvalue weighted by Gasteiger charge is 2.32. The van der Waals surface area contributed by atoms with Crippen LogP contribution in [0.3, 0.4) is 0 Å². The smallest absolute Gasteiger partial charge is 0.387 e. The number of amides is 1. The van der Waals surface area contributed by atoms with Crippen molar-refractivity contribution < 1.29 is 18.3 Å². The molecule has 0 bridgehead atoms. The van der Waals surface area contributed by atoms with E-state index in [0.29, 0.717) is 18.9 Å². The first-order valence-electron chi connectivity index (χ1n) is 13.1. The largest absolute Gasteiger partial charge is 0.435 e. The summed E-state index contributed by atoms with van der Waals surface area (Å²) in [6, 6.07) is 17.0. The molecule has 1 aliphatic rings. The van der Waals surface area contributed by atoms with Crippen molar-refractivity contribution >= 4 is 28.5 Å². The molecule has 1 fully saturated rings. The molecule has 0 aliphatic carbocycles. The molecule has 3 rings (SSSR count). The number of nitrogens with one attached hydrogen (secondary N) is 2. The van der Waals surface area contributed by atoms with Gasteiger partial charge in [0.1, 0.15) is 5.75 Å². The van der Waals surface area contributed by atoms with Gasteiger partial charge in [0.15, 0.2) is 0 Å². The molecule has 1 heterocycles. The molecule has 2 atom stereocenters. The van der Waals surface area contributed by atoms with Gasteiger partial charge in [0, 0.05) is 30.0 Å². The molecule has 5 nitrogen and oxygen atoms in total. The molecule has 2 aromatic carbocycles. The Labute approximate surface area is 233 Å². The summed E-state index contributed by atoms with van der Waals surface area (Å²) in [7, 11) is 0. The summed E-state index contributed by atoms with van der Waals surface area (Å²) in [5, 5.41) is 6.74. The summed E-state index contributed by atoms with van der Waals surface area (Å²) < 4.78 is 30.9. The highest BCUT2D eigenvalue weighted by molar-refractivity contribution is 14.1. The van der Waals surface area contributed by atoms with Crippen molar-refractivity contribution in [3.05, 3.63) is 65.7 Å². The van der Waals surface area contributed by atoms with Gasteiger partial charge in [-0.3, -0.25) is 9.69 Å². The van der Waals surface area contributed by atoms with Crippen molar-refractivity contribution in [1.29, 1.82) is 0 Å². The number of nitrogens with zero attached hydrogens (tertiary/aromatic N) is 1. The van der Waals surface area contributed by atoms with E-state index in [2.05, 4.69) is 75.8 Å². The molecule has 0 saturated carbocycles. The third-order valence-corrected chi connectivity index (χ3v) is 7.49. The Morgan fingerprint density at radius 2 is 1.70 bits per heavy atom. The Morgan fingerprint density at radius 1 is 1.08 bits per heavy atom. The number of halogens is 3. The second kappa shape index (κ2) is 14.4. The zero-order valence-electron chi connectivity index (χ0n) is 22.1. The molecule has 2 N–H and O–H groups in total. The van der Waals surface area contributed by atoms with Gasteiger partial charge in [0.25, 0.3) is 0 Å². The maximum atomic E-state index is 13.1. The van der Waals surface area contributed by atoms with Crippen LogP contribution in [0.1, 0.15) is 57.2 Å². The zero-order chi connectivity index (χ0) is 26.8. The third kappa shape index (κ3) is 9.48. The van der Waals surface area contributed by atoms with Crippen LogP contribution in [0, 0.1) is 11.3 Å². The van der Waals surface area contributed by atoms with Gasteiger partial charge in [-0.1, -0.05) is 85.8 Å². The predicted molar refractivity (Wildman–Crippen MR) is 153 cm³/mol. The van der Waals surface area contributed by atoms with Gasteiger partial charge >= 0.3 is 6.61 Å². The van der Waals surface area contributed by atoms with E-state index in [1.807, 2.05) is 30.3 Å². The SMILES string of the molecule is CC(C)(C)[C@@H](CN(CCI)C(c1ccccc1)c1ccc(OC(F)F)cc1)NC(=O)CC1CCNCC1. The van der Waals surface area contributed by atoms with Crippen LogP contribution in [0.4, 0.5) is 8.78 Å². The van der Waals surface area contributed by atoms with Crippen molar-refractivity contribution in [2.24, 2.45) is 11.3 Å². The normalized spacial score (nSPS) is 16.5. The zero-order valence-corrected chi connectivity index (χ0v) is 24.2. The van der Waals surface area contributed by atoms with E-state index in [1.165, 1.54) is 0 Å². The van der Waals surface area contributed by atoms with Gasteiger partial charge in [-0.15, -0.1) is 0 Å². The fraction of sp³-hybridized carbons (Fsp3) is 0.552. The molecule has 0 aromatic heterocycles. The number of alkyl halides is 3. The number of benzene rings is 2. The molecule has 2 aromatic rings. The van der Waals surface area contributed by atoms with Crippen LogP contribution in [0.25, 0.3) is 0 Å². The molecule has 0 radical (unpaired) electrons. The van der Waals surface area contributed by atoms with Crippen LogP contribution in [0.2, 0.25) is 0 Å². The number of carbonyl (C=O) groups is 1. The van der Waals surface area contributed by atoms with E-state index in [9.17, 15) is 13.6 Å². The Bertz CT molecular complexity index is 948. The molecule has 1 unspecified atom stereocenters. The van der Waals surface area contributed by atoms with Gasteiger partial charge < -0.3 is 15.4 Å². The summed E-state index contributed by atoms with van der Waals surface area (Å²) >= 11 is 2.38. The lowest BCUT2D eigenvalue weighted by molar-refractivity contribution is -0.124. The fourth-order valence-electron chi connectivity index (χ4n) is 4.89. The van der Waals surface area contributed by atoms with Crippen LogP contribution < -0.4 is 15.4 Å². The molecule has 37 heavy (non-hydrogen) atoms. The Balaban J connectivity index is 1.86. The third-order valence-electron chi connectivity index (χ3n) is 7.00. The topological polar surface area (TPSA) is 53.6 Å². The number of rotatable bonds is 12. The van der Waals surface area contributed by atoms with Gasteiger partial charge in [-0.25, -0.2) is 0 Å². The minimum atomic E-state index is -2.85. The fourth-order valence-corrected chi connectivity index (χ4v) is 5.51. The van der Waals surface area contributed by atoms with Crippen LogP contribution in [0.5, 0.6) is 5.75 Å². The number of hydrogen-bond donors (Lipinski definition) is 2. The summed E-state index contributed by atoms with van der Waals surface area (Å²) in [6.07, 6.45) is 2.64. The van der Waals surface area contributed by atoms with Crippen LogP contribution in [-0.2, 0) is 4.79 Å². The van der Waals surface area contributed by atoms with E-state index in [0.717, 1.165) is 48.0 Å². The lowest BCUT2D eigenvalue weighted by atomic mass is 9.85. The Hall–Kier alpha value is -1.78. The lowest BCUT2D eigenvalue weighted by Crippen LogP contribution is -2.52. The lowest BCUT2D eigenvalue weighted by Gasteiger charge is -2.40. The van der Waals surface area contributed by atoms with E-state index >= 15 is 0 Å². The second-order valence-corrected chi connectivity index (χ2v) is 11.9. The predicted octanol–water partition coefficient (Wildman–Crippen LogP) is 6.04. The first-order valence-corrected chi connectivity index (χ1v) is 14.6. The maximum Gasteiger partial charge on any atom is 0.387 e. The Morgan fingerprint density at radius 3 is 2.27 bits per heavy atom. The summed E-state index contributed by atoms with van der Waals surface area (Å²) in [4.78, 5) is 15.5. The van der Waals surface area contributed by atoms with Crippen LogP contribution in [-0.4, -0.2) is 54.1 Å². The molecule has 0 spiro atoms. The molecule has 1 aliphatic heterocycles. The van der Waals surface area contributed by atoms with Crippen molar-refractivity contribution in [2.75, 3.05) is 30.6 Å². The molecular formula is C29H40F2IN3O2. The summed E-state index contributed by atoms with van der Waals surface area (Å²) in [5.41, 5.74) is 1.96. The highest BCUT2D eigenvalue weighted by atomic mass is 127. The first kappa shape index (κ1) is 29.8. The van der Waals surface area contributed by atoms with Gasteiger partial charge in [0.05, 0.1) is 6.04 Å². The molecule has 1 saturated heterocycles. The van der Waals surface area contributed by atoms with Crippen molar-refractivity contribution in [3.8, 4) is 5.75 Å². The van der Waals surface area contributed by atoms with E-state index in [-0.39, 0.29) is 29.2 Å². The average molecular weight is 628 g/mol. The Kier molecular flexibility index (Phi) is 11.6. The van der Waals surface area contributed by atoms with E-state index < -0.39 is 6.61 Å². The number of piperidine rings is 1. The maximum absolute atomic E-state index is 13.1. The van der Waals surface area contributed by atoms with Crippen LogP contribution >= 0.6 is 22.6 Å². The van der Waals surface area contributed by atoms with Crippen molar-refractivity contribution in [2.45, 2.75) is 58.7 Å². The van der Waals surface area contributed by atoms with Crippen molar-refractivity contribution in [3.63, 3.8) is 0 Å². The molecule has 1 amide bonds. The standard InChI is InChI=1S/C29H40F2IN3O2/c1-29(2,3)25(34-26(36)19-21-13-16-33-17-14-21)20-35(18-15-32)27(22-7-5-4-6-8-22)23-9-11-24(12-10-23)37-28(30)31/h4-12,21,25,27-28,33H,13-20H2,1-3H3,(H,34,36)/t25-,27?/m1/s1. The average Bonchev–Trinajstić information content (AvgIpc) is 2.85. The monoisotopic (exact) mass is 627 g/mol. The van der Waals surface area contributed by atoms with E-state index in [4.69, 9.17) is 0 Å². The van der Waals surface area contributed by atoms with Gasteiger partial charge in [-0.05, 0) is 60.5 Å². The summed E-state index contributed by atoms with van der Waals surface area (Å²) in [5.74, 6) is 0.688. The van der Waals surface area contributed by atoms with Crippen LogP contribution in [0.15, 0.2) is 54.6 Å². The molecule has 8 heteroatoms. The first-order chi connectivity index (χ1) is 17.7. The minimum Gasteiger partial charge on any atom is -0.435 e. The number of carbonyl (C=O) groups excluding carboxylic acids is 1. The minimum absolute atomic E-state index is 0.0580. The molecule has 204 valence electrons.